The first kappa shape index (κ1) is 28.0. The van der Waals surface area contributed by atoms with Crippen molar-refractivity contribution in [3.8, 4) is 0 Å². The minimum Gasteiger partial charge on any atom is -0.466 e. The quantitative estimate of drug-likeness (QED) is 0.462. The normalized spacial score (nSPS) is 14.3. The highest BCUT2D eigenvalue weighted by atomic mass is 35.5. The number of carbonyl (C=O) groups excluding carboxylic acids is 3. The Morgan fingerprint density at radius 1 is 1.00 bits per heavy atom. The van der Waals surface area contributed by atoms with Crippen LogP contribution in [0, 0.1) is 5.92 Å². The molecule has 194 valence electrons. The standard InChI is InChI=1S/C23H23Cl3N2O7S/c1-2-34-22(30)14-7-9-28(10-8-14)21(29)13-35-23(31)15-3-5-18(26)20(11-15)36(32,33)27-19-12-16(24)4-6-17(19)25/h3-6,11-12,14,27H,2,7-10,13H2,1H3. The fourth-order valence-corrected chi connectivity index (χ4v) is 5.53. The van der Waals surface area contributed by atoms with E-state index in [-0.39, 0.29) is 43.1 Å². The van der Waals surface area contributed by atoms with E-state index in [0.29, 0.717) is 32.5 Å². The third-order valence-electron chi connectivity index (χ3n) is 5.42. The summed E-state index contributed by atoms with van der Waals surface area (Å²) in [6, 6.07) is 7.80. The number of carbonyl (C=O) groups is 3. The predicted molar refractivity (Wildman–Crippen MR) is 135 cm³/mol. The van der Waals surface area contributed by atoms with Crippen molar-refractivity contribution in [3.05, 3.63) is 57.0 Å². The van der Waals surface area contributed by atoms with Gasteiger partial charge in [-0.05, 0) is 56.2 Å². The van der Waals surface area contributed by atoms with Crippen LogP contribution in [0.15, 0.2) is 41.3 Å². The maximum absolute atomic E-state index is 12.9. The van der Waals surface area contributed by atoms with E-state index in [4.69, 9.17) is 44.3 Å². The number of anilines is 1. The van der Waals surface area contributed by atoms with E-state index in [0.717, 1.165) is 6.07 Å². The van der Waals surface area contributed by atoms with Crippen LogP contribution in [0.1, 0.15) is 30.1 Å². The topological polar surface area (TPSA) is 119 Å². The summed E-state index contributed by atoms with van der Waals surface area (Å²) in [7, 11) is -4.25. The minimum absolute atomic E-state index is 0.0329. The van der Waals surface area contributed by atoms with Gasteiger partial charge in [0.05, 0.1) is 33.8 Å². The van der Waals surface area contributed by atoms with Crippen LogP contribution in [-0.2, 0) is 29.1 Å². The molecule has 0 spiro atoms. The van der Waals surface area contributed by atoms with E-state index in [1.807, 2.05) is 0 Å². The zero-order chi connectivity index (χ0) is 26.5. The molecular formula is C23H23Cl3N2O7S. The molecule has 1 N–H and O–H groups in total. The van der Waals surface area contributed by atoms with Crippen LogP contribution in [-0.4, -0.2) is 57.5 Å². The number of esters is 2. The molecule has 0 atom stereocenters. The highest BCUT2D eigenvalue weighted by molar-refractivity contribution is 7.92. The van der Waals surface area contributed by atoms with Gasteiger partial charge < -0.3 is 14.4 Å². The van der Waals surface area contributed by atoms with Crippen LogP contribution in [0.4, 0.5) is 5.69 Å². The van der Waals surface area contributed by atoms with Gasteiger partial charge in [0.2, 0.25) is 0 Å². The van der Waals surface area contributed by atoms with Crippen LogP contribution in [0.5, 0.6) is 0 Å². The number of piperidine rings is 1. The fourth-order valence-electron chi connectivity index (χ4n) is 3.54. The number of ether oxygens (including phenoxy) is 2. The van der Waals surface area contributed by atoms with Crippen LogP contribution >= 0.6 is 34.8 Å². The summed E-state index contributed by atoms with van der Waals surface area (Å²) in [6.45, 7) is 2.16. The number of sulfonamides is 1. The highest BCUT2D eigenvalue weighted by Crippen LogP contribution is 2.30. The lowest BCUT2D eigenvalue weighted by atomic mass is 9.97. The molecular weight excluding hydrogens is 555 g/mol. The van der Waals surface area contributed by atoms with Gasteiger partial charge in [-0.3, -0.25) is 14.3 Å². The van der Waals surface area contributed by atoms with Gasteiger partial charge in [-0.15, -0.1) is 0 Å². The molecule has 3 rings (SSSR count). The zero-order valence-corrected chi connectivity index (χ0v) is 22.2. The Hall–Kier alpha value is -2.53. The molecule has 0 unspecified atom stereocenters. The smallest absolute Gasteiger partial charge is 0.338 e. The molecule has 0 bridgehead atoms. The number of hydrogen-bond acceptors (Lipinski definition) is 7. The summed E-state index contributed by atoms with van der Waals surface area (Å²) >= 11 is 18.0. The molecule has 36 heavy (non-hydrogen) atoms. The van der Waals surface area contributed by atoms with Crippen LogP contribution in [0.25, 0.3) is 0 Å². The Morgan fingerprint density at radius 2 is 1.67 bits per heavy atom. The van der Waals surface area contributed by atoms with E-state index in [9.17, 15) is 22.8 Å². The second kappa shape index (κ2) is 12.1. The molecule has 1 aliphatic rings. The van der Waals surface area contributed by atoms with Crippen molar-refractivity contribution >= 4 is 68.4 Å². The summed E-state index contributed by atoms with van der Waals surface area (Å²) in [5.41, 5.74) is -0.0867. The van der Waals surface area contributed by atoms with Crippen molar-refractivity contribution < 1.29 is 32.3 Å². The number of halogens is 3. The third kappa shape index (κ3) is 7.03. The van der Waals surface area contributed by atoms with E-state index in [1.54, 1.807) is 6.92 Å². The molecule has 0 radical (unpaired) electrons. The Morgan fingerprint density at radius 3 is 2.33 bits per heavy atom. The number of benzene rings is 2. The lowest BCUT2D eigenvalue weighted by Gasteiger charge is -2.30. The lowest BCUT2D eigenvalue weighted by molar-refractivity contribution is -0.151. The number of rotatable bonds is 8. The van der Waals surface area contributed by atoms with E-state index in [2.05, 4.69) is 4.72 Å². The first-order valence-electron chi connectivity index (χ1n) is 10.9. The van der Waals surface area contributed by atoms with E-state index in [1.165, 1.54) is 35.2 Å². The summed E-state index contributed by atoms with van der Waals surface area (Å²) in [6.07, 6.45) is 0.918. The molecule has 0 aromatic heterocycles. The minimum atomic E-state index is -4.25. The van der Waals surface area contributed by atoms with Crippen molar-refractivity contribution in [2.75, 3.05) is 31.0 Å². The average molecular weight is 578 g/mol. The van der Waals surface area contributed by atoms with Crippen molar-refractivity contribution in [2.45, 2.75) is 24.7 Å². The van der Waals surface area contributed by atoms with Crippen molar-refractivity contribution in [2.24, 2.45) is 5.92 Å². The van der Waals surface area contributed by atoms with Crippen LogP contribution in [0.2, 0.25) is 15.1 Å². The Kier molecular flexibility index (Phi) is 9.46. The lowest BCUT2D eigenvalue weighted by Crippen LogP contribution is -2.42. The maximum atomic E-state index is 12.9. The van der Waals surface area contributed by atoms with Gasteiger partial charge in [0.1, 0.15) is 4.90 Å². The third-order valence-corrected chi connectivity index (χ3v) is 7.84. The van der Waals surface area contributed by atoms with Crippen LogP contribution in [0.3, 0.4) is 0 Å². The molecule has 0 saturated carbocycles. The van der Waals surface area contributed by atoms with Crippen molar-refractivity contribution in [1.29, 1.82) is 0 Å². The monoisotopic (exact) mass is 576 g/mol. The Balaban J connectivity index is 1.63. The molecule has 2 aromatic rings. The predicted octanol–water partition coefficient (Wildman–Crippen LogP) is 4.41. The molecule has 1 amide bonds. The van der Waals surface area contributed by atoms with Crippen LogP contribution < -0.4 is 4.72 Å². The Bertz CT molecular complexity index is 1260. The SMILES string of the molecule is CCOC(=O)C1CCN(C(=O)COC(=O)c2ccc(Cl)c(S(=O)(=O)Nc3cc(Cl)ccc3Cl)c2)CC1. The summed E-state index contributed by atoms with van der Waals surface area (Å²) in [5, 5.41) is 0.229. The van der Waals surface area contributed by atoms with Crippen molar-refractivity contribution in [1.82, 2.24) is 4.90 Å². The molecule has 1 fully saturated rings. The summed E-state index contributed by atoms with van der Waals surface area (Å²) < 4.78 is 38.2. The van der Waals surface area contributed by atoms with Gasteiger partial charge in [-0.25, -0.2) is 13.2 Å². The van der Waals surface area contributed by atoms with Gasteiger partial charge >= 0.3 is 11.9 Å². The van der Waals surface area contributed by atoms with Crippen molar-refractivity contribution in [3.63, 3.8) is 0 Å². The maximum Gasteiger partial charge on any atom is 0.338 e. The summed E-state index contributed by atoms with van der Waals surface area (Å²) in [5.74, 6) is -1.87. The van der Waals surface area contributed by atoms with Gasteiger partial charge in [-0.2, -0.15) is 0 Å². The van der Waals surface area contributed by atoms with Gasteiger partial charge in [0, 0.05) is 18.1 Å². The Labute approximate surface area is 223 Å². The molecule has 13 heteroatoms. The number of amides is 1. The average Bonchev–Trinajstić information content (AvgIpc) is 2.84. The number of nitrogens with one attached hydrogen (secondary N) is 1. The highest BCUT2D eigenvalue weighted by Gasteiger charge is 2.29. The van der Waals surface area contributed by atoms with E-state index < -0.39 is 28.5 Å². The molecule has 2 aromatic carbocycles. The molecule has 1 saturated heterocycles. The molecule has 9 nitrogen and oxygen atoms in total. The zero-order valence-electron chi connectivity index (χ0n) is 19.1. The first-order valence-corrected chi connectivity index (χ1v) is 13.5. The molecule has 1 aliphatic heterocycles. The van der Waals surface area contributed by atoms with Gasteiger partial charge in [0.15, 0.2) is 6.61 Å². The van der Waals surface area contributed by atoms with E-state index >= 15 is 0 Å². The molecule has 1 heterocycles. The molecule has 0 aliphatic carbocycles. The fraction of sp³-hybridized carbons (Fsp3) is 0.348. The number of nitrogens with zero attached hydrogens (tertiary/aromatic N) is 1. The second-order valence-electron chi connectivity index (χ2n) is 7.86. The summed E-state index contributed by atoms with van der Waals surface area (Å²) in [4.78, 5) is 38.0. The first-order chi connectivity index (χ1) is 17.0. The van der Waals surface area contributed by atoms with Gasteiger partial charge in [0.25, 0.3) is 15.9 Å². The number of likely N-dealkylation sites (tertiary alicyclic amines) is 1. The van der Waals surface area contributed by atoms with Gasteiger partial charge in [-0.1, -0.05) is 34.8 Å². The number of hydrogen-bond donors (Lipinski definition) is 1. The second-order valence-corrected chi connectivity index (χ2v) is 10.8. The largest absolute Gasteiger partial charge is 0.466 e.